The minimum Gasteiger partial charge on any atom is -0.355 e. The number of fused-ring (bicyclic) bond motifs is 1. The van der Waals surface area contributed by atoms with E-state index >= 15 is 0 Å². The van der Waals surface area contributed by atoms with E-state index in [9.17, 15) is 4.79 Å². The average Bonchev–Trinajstić information content (AvgIpc) is 2.60. The molecule has 0 saturated heterocycles. The molecule has 1 amide bonds. The van der Waals surface area contributed by atoms with Crippen molar-refractivity contribution in [1.29, 1.82) is 0 Å². The number of pyridine rings is 2. The number of rotatable bonds is 3. The zero-order valence-corrected chi connectivity index (χ0v) is 12.6. The lowest BCUT2D eigenvalue weighted by atomic mass is 9.95. The molecule has 4 heteroatoms. The molecular weight excluding hydrogens is 274 g/mol. The number of amides is 1. The lowest BCUT2D eigenvalue weighted by molar-refractivity contribution is 0.0965. The van der Waals surface area contributed by atoms with E-state index in [1.165, 1.54) is 0 Å². The molecular formula is C18H17N3O. The van der Waals surface area contributed by atoms with Crippen molar-refractivity contribution in [3.8, 4) is 11.1 Å². The molecule has 0 aliphatic rings. The molecule has 0 bridgehead atoms. The molecule has 0 radical (unpaired) electrons. The van der Waals surface area contributed by atoms with Gasteiger partial charge in [0.05, 0.1) is 11.1 Å². The van der Waals surface area contributed by atoms with Gasteiger partial charge in [-0.3, -0.25) is 14.8 Å². The van der Waals surface area contributed by atoms with Gasteiger partial charge in [-0.05, 0) is 24.1 Å². The highest BCUT2D eigenvalue weighted by Crippen LogP contribution is 2.31. The molecule has 1 aromatic carbocycles. The van der Waals surface area contributed by atoms with Gasteiger partial charge in [-0.1, -0.05) is 37.3 Å². The molecule has 0 aliphatic carbocycles. The van der Waals surface area contributed by atoms with E-state index in [4.69, 9.17) is 4.98 Å². The van der Waals surface area contributed by atoms with Crippen LogP contribution in [0.1, 0.15) is 23.0 Å². The number of aromatic nitrogens is 2. The van der Waals surface area contributed by atoms with E-state index in [0.717, 1.165) is 28.8 Å². The summed E-state index contributed by atoms with van der Waals surface area (Å²) in [6, 6.07) is 13.6. The monoisotopic (exact) mass is 291 g/mol. The molecule has 3 rings (SSSR count). The molecule has 0 fully saturated rings. The van der Waals surface area contributed by atoms with Crippen LogP contribution in [0.25, 0.3) is 22.2 Å². The molecule has 0 aliphatic heterocycles. The number of carbonyl (C=O) groups excluding carboxylic acids is 1. The molecule has 3 aromatic rings. The summed E-state index contributed by atoms with van der Waals surface area (Å²) >= 11 is 0. The van der Waals surface area contributed by atoms with E-state index in [0.29, 0.717) is 11.1 Å². The molecule has 0 unspecified atom stereocenters. The fraction of sp³-hybridized carbons (Fsp3) is 0.167. The Morgan fingerprint density at radius 1 is 1.14 bits per heavy atom. The van der Waals surface area contributed by atoms with E-state index in [1.807, 2.05) is 49.4 Å². The van der Waals surface area contributed by atoms with Crippen LogP contribution in [-0.2, 0) is 6.42 Å². The number of nitrogens with zero attached hydrogens (tertiary/aromatic N) is 2. The molecule has 0 atom stereocenters. The van der Waals surface area contributed by atoms with Crippen molar-refractivity contribution in [3.63, 3.8) is 0 Å². The van der Waals surface area contributed by atoms with Crippen LogP contribution in [0.4, 0.5) is 0 Å². The predicted molar refractivity (Wildman–Crippen MR) is 87.7 cm³/mol. The second-order valence-corrected chi connectivity index (χ2v) is 4.98. The van der Waals surface area contributed by atoms with Crippen LogP contribution in [0.3, 0.4) is 0 Å². The molecule has 22 heavy (non-hydrogen) atoms. The minimum absolute atomic E-state index is 0.139. The third kappa shape index (κ3) is 2.33. The summed E-state index contributed by atoms with van der Waals surface area (Å²) in [7, 11) is 1.64. The highest BCUT2D eigenvalue weighted by molar-refractivity contribution is 6.10. The summed E-state index contributed by atoms with van der Waals surface area (Å²) in [5.74, 6) is -0.139. The van der Waals surface area contributed by atoms with Crippen LogP contribution < -0.4 is 5.32 Å². The Kier molecular flexibility index (Phi) is 3.83. The third-order valence-electron chi connectivity index (χ3n) is 3.67. The molecule has 0 spiro atoms. The number of carbonyl (C=O) groups is 1. The normalized spacial score (nSPS) is 10.6. The van der Waals surface area contributed by atoms with Gasteiger partial charge in [0.25, 0.3) is 5.91 Å². The van der Waals surface area contributed by atoms with Crippen LogP contribution >= 0.6 is 0 Å². The molecule has 110 valence electrons. The zero-order valence-electron chi connectivity index (χ0n) is 12.6. The number of benzene rings is 1. The Labute approximate surface area is 129 Å². The first-order chi connectivity index (χ1) is 10.8. The van der Waals surface area contributed by atoms with Gasteiger partial charge in [0.15, 0.2) is 0 Å². The summed E-state index contributed by atoms with van der Waals surface area (Å²) in [5.41, 5.74) is 4.74. The van der Waals surface area contributed by atoms with Gasteiger partial charge in [0.1, 0.15) is 5.52 Å². The first-order valence-electron chi connectivity index (χ1n) is 7.31. The summed E-state index contributed by atoms with van der Waals surface area (Å²) in [6.45, 7) is 2.05. The van der Waals surface area contributed by atoms with Gasteiger partial charge in [0, 0.05) is 24.5 Å². The Morgan fingerprint density at radius 2 is 1.91 bits per heavy atom. The van der Waals surface area contributed by atoms with E-state index in [1.54, 1.807) is 13.2 Å². The number of hydrogen-bond acceptors (Lipinski definition) is 3. The smallest absolute Gasteiger partial charge is 0.254 e. The van der Waals surface area contributed by atoms with Crippen LogP contribution in [0, 0.1) is 0 Å². The maximum Gasteiger partial charge on any atom is 0.254 e. The fourth-order valence-corrected chi connectivity index (χ4v) is 2.66. The standard InChI is InChI=1S/C18H17N3O/c1-3-13-15(12-8-5-4-6-9-12)16(18(22)19-2)17-14(21-13)10-7-11-20-17/h4-11H,3H2,1-2H3,(H,19,22). The predicted octanol–water partition coefficient (Wildman–Crippen LogP) is 3.22. The summed E-state index contributed by atoms with van der Waals surface area (Å²) in [6.07, 6.45) is 2.44. The second-order valence-electron chi connectivity index (χ2n) is 4.98. The highest BCUT2D eigenvalue weighted by atomic mass is 16.1. The van der Waals surface area contributed by atoms with Crippen LogP contribution in [-0.4, -0.2) is 22.9 Å². The molecule has 1 N–H and O–H groups in total. The summed E-state index contributed by atoms with van der Waals surface area (Å²) < 4.78 is 0. The van der Waals surface area contributed by atoms with Crippen molar-refractivity contribution < 1.29 is 4.79 Å². The quantitative estimate of drug-likeness (QED) is 0.806. The summed E-state index contributed by atoms with van der Waals surface area (Å²) in [4.78, 5) is 21.6. The van der Waals surface area contributed by atoms with Gasteiger partial charge in [-0.2, -0.15) is 0 Å². The topological polar surface area (TPSA) is 54.9 Å². The molecule has 0 saturated carbocycles. The van der Waals surface area contributed by atoms with Crippen molar-refractivity contribution in [2.75, 3.05) is 7.05 Å². The second kappa shape index (κ2) is 5.93. The van der Waals surface area contributed by atoms with Crippen molar-refractivity contribution in [2.24, 2.45) is 0 Å². The Morgan fingerprint density at radius 3 is 2.59 bits per heavy atom. The number of nitrogens with one attached hydrogen (secondary N) is 1. The lowest BCUT2D eigenvalue weighted by Crippen LogP contribution is -2.20. The maximum absolute atomic E-state index is 12.5. The van der Waals surface area contributed by atoms with Crippen molar-refractivity contribution in [3.05, 3.63) is 59.9 Å². The Bertz CT molecular complexity index is 828. The number of aryl methyl sites for hydroxylation is 1. The Balaban J connectivity index is 2.44. The molecule has 2 aromatic heterocycles. The van der Waals surface area contributed by atoms with Crippen LogP contribution in [0.2, 0.25) is 0 Å². The van der Waals surface area contributed by atoms with Gasteiger partial charge < -0.3 is 5.32 Å². The van der Waals surface area contributed by atoms with Gasteiger partial charge in [-0.15, -0.1) is 0 Å². The first kappa shape index (κ1) is 14.2. The van der Waals surface area contributed by atoms with Crippen LogP contribution in [0.15, 0.2) is 48.7 Å². The molecule has 2 heterocycles. The summed E-state index contributed by atoms with van der Waals surface area (Å²) in [5, 5.41) is 2.73. The molecule has 4 nitrogen and oxygen atoms in total. The number of hydrogen-bond donors (Lipinski definition) is 1. The van der Waals surface area contributed by atoms with E-state index in [2.05, 4.69) is 10.3 Å². The minimum atomic E-state index is -0.139. The first-order valence-corrected chi connectivity index (χ1v) is 7.31. The highest BCUT2D eigenvalue weighted by Gasteiger charge is 2.21. The van der Waals surface area contributed by atoms with E-state index < -0.39 is 0 Å². The lowest BCUT2D eigenvalue weighted by Gasteiger charge is -2.15. The van der Waals surface area contributed by atoms with Crippen molar-refractivity contribution >= 4 is 16.9 Å². The largest absolute Gasteiger partial charge is 0.355 e. The fourth-order valence-electron chi connectivity index (χ4n) is 2.66. The van der Waals surface area contributed by atoms with E-state index in [-0.39, 0.29) is 5.91 Å². The third-order valence-corrected chi connectivity index (χ3v) is 3.67. The SMILES string of the molecule is CCc1nc2cccnc2c(C(=O)NC)c1-c1ccccc1. The zero-order chi connectivity index (χ0) is 15.5. The van der Waals surface area contributed by atoms with Gasteiger partial charge >= 0.3 is 0 Å². The van der Waals surface area contributed by atoms with Crippen LogP contribution in [0.5, 0.6) is 0 Å². The van der Waals surface area contributed by atoms with Crippen molar-refractivity contribution in [1.82, 2.24) is 15.3 Å². The van der Waals surface area contributed by atoms with Crippen molar-refractivity contribution in [2.45, 2.75) is 13.3 Å². The maximum atomic E-state index is 12.5. The average molecular weight is 291 g/mol. The van der Waals surface area contributed by atoms with Gasteiger partial charge in [0.2, 0.25) is 0 Å². The Hall–Kier alpha value is -2.75. The van der Waals surface area contributed by atoms with Gasteiger partial charge in [-0.25, -0.2) is 0 Å².